The molecule has 1 aromatic rings. The van der Waals surface area contributed by atoms with Crippen molar-refractivity contribution >= 4 is 17.2 Å². The Kier molecular flexibility index (Phi) is 3.73. The topological polar surface area (TPSA) is 45.2 Å². The van der Waals surface area contributed by atoms with E-state index >= 15 is 0 Å². The molecule has 100 valence electrons. The van der Waals surface area contributed by atoms with Crippen LogP contribution in [-0.2, 0) is 5.41 Å². The Labute approximate surface area is 112 Å². The molecule has 2 heterocycles. The van der Waals surface area contributed by atoms with Crippen LogP contribution in [0.2, 0.25) is 0 Å². The summed E-state index contributed by atoms with van der Waals surface area (Å²) in [6, 6.07) is 0.369. The fourth-order valence-electron chi connectivity index (χ4n) is 2.19. The summed E-state index contributed by atoms with van der Waals surface area (Å²) in [6.07, 6.45) is 0. The Bertz CT molecular complexity index is 436. The minimum absolute atomic E-state index is 0.0787. The maximum Gasteiger partial charge on any atom is 0.265 e. The smallest absolute Gasteiger partial charge is 0.265 e. The number of hydrogen-bond acceptors (Lipinski definition) is 4. The zero-order chi connectivity index (χ0) is 13.3. The van der Waals surface area contributed by atoms with Gasteiger partial charge >= 0.3 is 0 Å². The van der Waals surface area contributed by atoms with Crippen LogP contribution in [-0.4, -0.2) is 41.5 Å². The second-order valence-corrected chi connectivity index (χ2v) is 6.74. The Hall–Kier alpha value is -0.940. The number of carbonyl (C=O) groups is 1. The number of thiazole rings is 1. The summed E-state index contributed by atoms with van der Waals surface area (Å²) in [6.45, 7) is 10.8. The Morgan fingerprint density at radius 3 is 2.89 bits per heavy atom. The Morgan fingerprint density at radius 1 is 1.56 bits per heavy atom. The molecule has 0 aromatic carbocycles. The first-order valence-electron chi connectivity index (χ1n) is 6.36. The summed E-state index contributed by atoms with van der Waals surface area (Å²) < 4.78 is 0. The molecule has 18 heavy (non-hydrogen) atoms. The summed E-state index contributed by atoms with van der Waals surface area (Å²) in [5.41, 5.74) is 2.62. The maximum absolute atomic E-state index is 12.5. The van der Waals surface area contributed by atoms with E-state index < -0.39 is 0 Å². The first-order chi connectivity index (χ1) is 8.39. The van der Waals surface area contributed by atoms with Gasteiger partial charge in [0.05, 0.1) is 11.2 Å². The van der Waals surface area contributed by atoms with Crippen molar-refractivity contribution in [2.45, 2.75) is 39.2 Å². The zero-order valence-electron chi connectivity index (χ0n) is 11.5. The van der Waals surface area contributed by atoms with Gasteiger partial charge in [-0.2, -0.15) is 0 Å². The number of hydrogen-bond donors (Lipinski definition) is 1. The summed E-state index contributed by atoms with van der Waals surface area (Å²) in [4.78, 5) is 19.7. The summed E-state index contributed by atoms with van der Waals surface area (Å²) in [7, 11) is 0. The average Bonchev–Trinajstić information content (AvgIpc) is 2.76. The van der Waals surface area contributed by atoms with Gasteiger partial charge in [0.15, 0.2) is 0 Å². The third kappa shape index (κ3) is 2.72. The standard InChI is InChI=1S/C13H21N3OS/c1-9-7-16(6-5-14-9)12(17)10-11(13(2,3)4)15-8-18-10/h8-9,14H,5-7H2,1-4H3/t9-/m1/s1. The lowest BCUT2D eigenvalue weighted by Gasteiger charge is -2.32. The number of nitrogens with zero attached hydrogens (tertiary/aromatic N) is 2. The lowest BCUT2D eigenvalue weighted by atomic mass is 9.91. The molecule has 1 aliphatic heterocycles. The Morgan fingerprint density at radius 2 is 2.28 bits per heavy atom. The minimum atomic E-state index is -0.0787. The molecular formula is C13H21N3OS. The normalized spacial score (nSPS) is 21.1. The molecule has 0 radical (unpaired) electrons. The van der Waals surface area contributed by atoms with E-state index in [-0.39, 0.29) is 11.3 Å². The van der Waals surface area contributed by atoms with Crippen molar-refractivity contribution in [1.82, 2.24) is 15.2 Å². The van der Waals surface area contributed by atoms with Crippen LogP contribution in [0.3, 0.4) is 0 Å². The first-order valence-corrected chi connectivity index (χ1v) is 7.24. The first kappa shape index (κ1) is 13.5. The summed E-state index contributed by atoms with van der Waals surface area (Å²) >= 11 is 1.46. The highest BCUT2D eigenvalue weighted by atomic mass is 32.1. The van der Waals surface area contributed by atoms with Crippen LogP contribution in [0.5, 0.6) is 0 Å². The van der Waals surface area contributed by atoms with Gasteiger partial charge in [-0.05, 0) is 6.92 Å². The molecular weight excluding hydrogens is 246 g/mol. The van der Waals surface area contributed by atoms with Crippen molar-refractivity contribution in [3.8, 4) is 0 Å². The van der Waals surface area contributed by atoms with Gasteiger partial charge in [-0.25, -0.2) is 4.98 Å². The highest BCUT2D eigenvalue weighted by Crippen LogP contribution is 2.28. The van der Waals surface area contributed by atoms with E-state index in [4.69, 9.17) is 0 Å². The monoisotopic (exact) mass is 267 g/mol. The molecule has 1 atom stereocenters. The van der Waals surface area contributed by atoms with E-state index in [2.05, 4.69) is 38.0 Å². The maximum atomic E-state index is 12.5. The number of nitrogens with one attached hydrogen (secondary N) is 1. The van der Waals surface area contributed by atoms with Crippen LogP contribution >= 0.6 is 11.3 Å². The van der Waals surface area contributed by atoms with Crippen LogP contribution in [0.25, 0.3) is 0 Å². The van der Waals surface area contributed by atoms with Crippen LogP contribution in [0, 0.1) is 0 Å². The largest absolute Gasteiger partial charge is 0.335 e. The molecule has 0 saturated carbocycles. The van der Waals surface area contributed by atoms with Crippen molar-refractivity contribution < 1.29 is 4.79 Å². The number of amides is 1. The predicted octanol–water partition coefficient (Wildman–Crippen LogP) is 1.87. The van der Waals surface area contributed by atoms with Gasteiger partial charge < -0.3 is 10.2 Å². The van der Waals surface area contributed by atoms with Crippen LogP contribution in [0.1, 0.15) is 43.1 Å². The van der Waals surface area contributed by atoms with Crippen molar-refractivity contribution in [1.29, 1.82) is 0 Å². The molecule has 0 bridgehead atoms. The van der Waals surface area contributed by atoms with E-state index in [1.807, 2.05) is 4.90 Å². The van der Waals surface area contributed by atoms with Crippen LogP contribution in [0.4, 0.5) is 0 Å². The predicted molar refractivity (Wildman–Crippen MR) is 74.2 cm³/mol. The van der Waals surface area contributed by atoms with Gasteiger partial charge in [0.25, 0.3) is 5.91 Å². The molecule has 4 nitrogen and oxygen atoms in total. The summed E-state index contributed by atoms with van der Waals surface area (Å²) in [5.74, 6) is 0.135. The van der Waals surface area contributed by atoms with E-state index in [0.29, 0.717) is 6.04 Å². The number of carbonyl (C=O) groups excluding carboxylic acids is 1. The Balaban J connectivity index is 2.21. The zero-order valence-corrected chi connectivity index (χ0v) is 12.3. The average molecular weight is 267 g/mol. The molecule has 5 heteroatoms. The van der Waals surface area contributed by atoms with Gasteiger partial charge in [0.1, 0.15) is 4.88 Å². The van der Waals surface area contributed by atoms with Crippen molar-refractivity contribution in [2.24, 2.45) is 0 Å². The lowest BCUT2D eigenvalue weighted by Crippen LogP contribution is -2.51. The molecule has 1 saturated heterocycles. The fraction of sp³-hybridized carbons (Fsp3) is 0.692. The van der Waals surface area contributed by atoms with Crippen LogP contribution < -0.4 is 5.32 Å². The molecule has 1 amide bonds. The highest BCUT2D eigenvalue weighted by molar-refractivity contribution is 7.11. The van der Waals surface area contributed by atoms with Crippen molar-refractivity contribution in [3.63, 3.8) is 0 Å². The van der Waals surface area contributed by atoms with Crippen molar-refractivity contribution in [3.05, 3.63) is 16.1 Å². The van der Waals surface area contributed by atoms with E-state index in [9.17, 15) is 4.79 Å². The number of rotatable bonds is 1. The van der Waals surface area contributed by atoms with Gasteiger partial charge in [-0.15, -0.1) is 11.3 Å². The van der Waals surface area contributed by atoms with Crippen molar-refractivity contribution in [2.75, 3.05) is 19.6 Å². The molecule has 2 rings (SSSR count). The third-order valence-electron chi connectivity index (χ3n) is 3.13. The van der Waals surface area contributed by atoms with Gasteiger partial charge in [0.2, 0.25) is 0 Å². The van der Waals surface area contributed by atoms with Gasteiger partial charge in [-0.1, -0.05) is 20.8 Å². The second-order valence-electron chi connectivity index (χ2n) is 5.89. The SMILES string of the molecule is C[C@@H]1CN(C(=O)c2scnc2C(C)(C)C)CCN1. The minimum Gasteiger partial charge on any atom is -0.335 e. The van der Waals surface area contributed by atoms with E-state index in [0.717, 1.165) is 30.2 Å². The van der Waals surface area contributed by atoms with E-state index in [1.54, 1.807) is 5.51 Å². The fourth-order valence-corrected chi connectivity index (χ4v) is 3.16. The molecule has 1 N–H and O–H groups in total. The second kappa shape index (κ2) is 4.97. The number of piperazine rings is 1. The molecule has 0 unspecified atom stereocenters. The van der Waals surface area contributed by atoms with Gasteiger partial charge in [0, 0.05) is 31.1 Å². The third-order valence-corrected chi connectivity index (χ3v) is 3.94. The highest BCUT2D eigenvalue weighted by Gasteiger charge is 2.29. The summed E-state index contributed by atoms with van der Waals surface area (Å²) in [5, 5.41) is 3.35. The van der Waals surface area contributed by atoms with Crippen LogP contribution in [0.15, 0.2) is 5.51 Å². The van der Waals surface area contributed by atoms with Gasteiger partial charge in [-0.3, -0.25) is 4.79 Å². The molecule has 1 aromatic heterocycles. The lowest BCUT2D eigenvalue weighted by molar-refractivity contribution is 0.0711. The molecule has 0 aliphatic carbocycles. The van der Waals surface area contributed by atoms with E-state index in [1.165, 1.54) is 11.3 Å². The number of aromatic nitrogens is 1. The molecule has 1 fully saturated rings. The molecule has 1 aliphatic rings. The molecule has 0 spiro atoms. The quantitative estimate of drug-likeness (QED) is 0.845.